The molecule has 2 aliphatic heterocycles. The molecule has 2 amide bonds. The van der Waals surface area contributed by atoms with E-state index < -0.39 is 5.60 Å². The highest BCUT2D eigenvalue weighted by molar-refractivity contribution is 6.02. The number of hydrogen-bond acceptors (Lipinski definition) is 4. The van der Waals surface area contributed by atoms with Gasteiger partial charge in [0.25, 0.3) is 5.91 Å². The third-order valence-electron chi connectivity index (χ3n) is 4.04. The first kappa shape index (κ1) is 17.3. The Balaban J connectivity index is 1.72. The molecule has 6 heteroatoms. The minimum absolute atomic E-state index is 0.246. The maximum absolute atomic E-state index is 12.4. The van der Waals surface area contributed by atoms with Crippen LogP contribution in [0.5, 0.6) is 0 Å². The van der Waals surface area contributed by atoms with Gasteiger partial charge in [0.1, 0.15) is 5.60 Å². The Kier molecular flexibility index (Phi) is 4.70. The molecule has 25 heavy (non-hydrogen) atoms. The standard InChI is InChI=1S/C19H24N2O4/c1-19(2,3)25-18(23)21-11-13-7-6-8-15(14(13)12-21)20-17(22)16-9-4-5-10-24-16/h6-9H,4-5,10-12H2,1-3H3,(H,20,22). The van der Waals surface area contributed by atoms with E-state index in [2.05, 4.69) is 5.32 Å². The largest absolute Gasteiger partial charge is 0.488 e. The number of anilines is 1. The fraction of sp³-hybridized carbons (Fsp3) is 0.474. The van der Waals surface area contributed by atoms with Gasteiger partial charge in [0.05, 0.1) is 13.2 Å². The van der Waals surface area contributed by atoms with Crippen LogP contribution in [-0.4, -0.2) is 29.1 Å². The third-order valence-corrected chi connectivity index (χ3v) is 4.04. The van der Waals surface area contributed by atoms with Crippen LogP contribution in [0.15, 0.2) is 30.0 Å². The summed E-state index contributed by atoms with van der Waals surface area (Å²) in [7, 11) is 0. The van der Waals surface area contributed by atoms with E-state index in [0.717, 1.165) is 24.0 Å². The molecule has 1 aromatic rings. The first-order chi connectivity index (χ1) is 11.8. The second-order valence-corrected chi connectivity index (χ2v) is 7.29. The summed E-state index contributed by atoms with van der Waals surface area (Å²) >= 11 is 0. The number of rotatable bonds is 2. The Morgan fingerprint density at radius 1 is 1.24 bits per heavy atom. The van der Waals surface area contributed by atoms with E-state index in [1.807, 2.05) is 45.0 Å². The van der Waals surface area contributed by atoms with Gasteiger partial charge in [-0.2, -0.15) is 0 Å². The van der Waals surface area contributed by atoms with Crippen molar-refractivity contribution in [1.29, 1.82) is 0 Å². The minimum atomic E-state index is -0.534. The van der Waals surface area contributed by atoms with Gasteiger partial charge >= 0.3 is 6.09 Å². The summed E-state index contributed by atoms with van der Waals surface area (Å²) in [5, 5.41) is 2.91. The molecule has 0 radical (unpaired) electrons. The van der Waals surface area contributed by atoms with E-state index in [0.29, 0.717) is 31.1 Å². The SMILES string of the molecule is CC(C)(C)OC(=O)N1Cc2cccc(NC(=O)C3=CCCCO3)c2C1. The molecule has 0 bridgehead atoms. The quantitative estimate of drug-likeness (QED) is 0.890. The van der Waals surface area contributed by atoms with Crippen LogP contribution in [-0.2, 0) is 27.4 Å². The second-order valence-electron chi connectivity index (χ2n) is 7.29. The van der Waals surface area contributed by atoms with Crippen molar-refractivity contribution in [2.45, 2.75) is 52.3 Å². The zero-order valence-corrected chi connectivity index (χ0v) is 14.9. The lowest BCUT2D eigenvalue weighted by molar-refractivity contribution is -0.116. The Labute approximate surface area is 147 Å². The molecule has 2 heterocycles. The Hall–Kier alpha value is -2.50. The van der Waals surface area contributed by atoms with Gasteiger partial charge in [-0.25, -0.2) is 4.79 Å². The van der Waals surface area contributed by atoms with Crippen molar-refractivity contribution >= 4 is 17.7 Å². The average Bonchev–Trinajstić information content (AvgIpc) is 2.99. The van der Waals surface area contributed by atoms with Gasteiger partial charge in [0.2, 0.25) is 0 Å². The summed E-state index contributed by atoms with van der Waals surface area (Å²) in [6.45, 7) is 7.00. The Morgan fingerprint density at radius 3 is 2.72 bits per heavy atom. The molecule has 0 atom stereocenters. The summed E-state index contributed by atoms with van der Waals surface area (Å²) in [6, 6.07) is 5.69. The van der Waals surface area contributed by atoms with Gasteiger partial charge in [-0.05, 0) is 51.3 Å². The van der Waals surface area contributed by atoms with Crippen molar-refractivity contribution in [2.75, 3.05) is 11.9 Å². The van der Waals surface area contributed by atoms with E-state index in [1.165, 1.54) is 0 Å². The molecule has 0 aliphatic carbocycles. The van der Waals surface area contributed by atoms with Crippen LogP contribution in [0.4, 0.5) is 10.5 Å². The number of allylic oxidation sites excluding steroid dienone is 1. The normalized spacial score (nSPS) is 16.6. The lowest BCUT2D eigenvalue weighted by Crippen LogP contribution is -2.33. The molecule has 1 N–H and O–H groups in total. The van der Waals surface area contributed by atoms with Gasteiger partial charge < -0.3 is 14.8 Å². The van der Waals surface area contributed by atoms with Gasteiger partial charge in [0, 0.05) is 17.8 Å². The molecule has 134 valence electrons. The maximum Gasteiger partial charge on any atom is 0.410 e. The lowest BCUT2D eigenvalue weighted by Gasteiger charge is -2.24. The van der Waals surface area contributed by atoms with Crippen molar-refractivity contribution in [3.63, 3.8) is 0 Å². The Morgan fingerprint density at radius 2 is 2.04 bits per heavy atom. The molecule has 2 aliphatic rings. The number of nitrogens with one attached hydrogen (secondary N) is 1. The zero-order valence-electron chi connectivity index (χ0n) is 14.9. The van der Waals surface area contributed by atoms with Crippen molar-refractivity contribution in [1.82, 2.24) is 4.90 Å². The van der Waals surface area contributed by atoms with Crippen LogP contribution in [0.3, 0.4) is 0 Å². The summed E-state index contributed by atoms with van der Waals surface area (Å²) in [4.78, 5) is 26.3. The summed E-state index contributed by atoms with van der Waals surface area (Å²) in [5.41, 5.74) is 2.14. The number of nitrogens with zero attached hydrogens (tertiary/aromatic N) is 1. The van der Waals surface area contributed by atoms with Gasteiger partial charge in [0.15, 0.2) is 5.76 Å². The molecule has 0 spiro atoms. The smallest absolute Gasteiger partial charge is 0.410 e. The summed E-state index contributed by atoms with van der Waals surface area (Å²) in [6.07, 6.45) is 3.25. The molecule has 0 unspecified atom stereocenters. The molecule has 0 saturated carbocycles. The number of carbonyl (C=O) groups is 2. The van der Waals surface area contributed by atoms with Crippen LogP contribution in [0.25, 0.3) is 0 Å². The number of benzene rings is 1. The highest BCUT2D eigenvalue weighted by atomic mass is 16.6. The molecular formula is C19H24N2O4. The molecular weight excluding hydrogens is 320 g/mol. The molecule has 0 saturated heterocycles. The lowest BCUT2D eigenvalue weighted by atomic mass is 10.1. The highest BCUT2D eigenvalue weighted by Gasteiger charge is 2.29. The minimum Gasteiger partial charge on any atom is -0.488 e. The van der Waals surface area contributed by atoms with Gasteiger partial charge in [-0.15, -0.1) is 0 Å². The van der Waals surface area contributed by atoms with E-state index in [4.69, 9.17) is 9.47 Å². The average molecular weight is 344 g/mol. The molecule has 0 fully saturated rings. The zero-order chi connectivity index (χ0) is 18.0. The molecule has 1 aromatic carbocycles. The second kappa shape index (κ2) is 6.78. The molecule has 6 nitrogen and oxygen atoms in total. The fourth-order valence-corrected chi connectivity index (χ4v) is 2.89. The van der Waals surface area contributed by atoms with E-state index in [9.17, 15) is 9.59 Å². The van der Waals surface area contributed by atoms with Crippen molar-refractivity contribution in [3.8, 4) is 0 Å². The summed E-state index contributed by atoms with van der Waals surface area (Å²) in [5.74, 6) is 0.120. The van der Waals surface area contributed by atoms with Crippen LogP contribution < -0.4 is 5.32 Å². The first-order valence-electron chi connectivity index (χ1n) is 8.56. The van der Waals surface area contributed by atoms with Crippen LogP contribution in [0.2, 0.25) is 0 Å². The number of hydrogen-bond donors (Lipinski definition) is 1. The first-order valence-corrected chi connectivity index (χ1v) is 8.56. The van der Waals surface area contributed by atoms with Crippen molar-refractivity contribution in [2.24, 2.45) is 0 Å². The van der Waals surface area contributed by atoms with E-state index in [-0.39, 0.29) is 12.0 Å². The maximum atomic E-state index is 12.4. The number of ether oxygens (including phenoxy) is 2. The van der Waals surface area contributed by atoms with Crippen LogP contribution in [0.1, 0.15) is 44.7 Å². The van der Waals surface area contributed by atoms with Crippen LogP contribution in [0, 0.1) is 0 Å². The van der Waals surface area contributed by atoms with Gasteiger partial charge in [-0.1, -0.05) is 12.1 Å². The third kappa shape index (κ3) is 4.13. The predicted octanol–water partition coefficient (Wildman–Crippen LogP) is 3.57. The number of fused-ring (bicyclic) bond motifs is 1. The Bertz CT molecular complexity index is 719. The van der Waals surface area contributed by atoms with Gasteiger partial charge in [-0.3, -0.25) is 9.69 Å². The molecule has 0 aromatic heterocycles. The monoisotopic (exact) mass is 344 g/mol. The molecule has 3 rings (SSSR count). The predicted molar refractivity (Wildman–Crippen MR) is 93.8 cm³/mol. The summed E-state index contributed by atoms with van der Waals surface area (Å²) < 4.78 is 10.8. The fourth-order valence-electron chi connectivity index (χ4n) is 2.89. The van der Waals surface area contributed by atoms with Crippen molar-refractivity contribution < 1.29 is 19.1 Å². The number of amides is 2. The van der Waals surface area contributed by atoms with E-state index in [1.54, 1.807) is 4.90 Å². The van der Waals surface area contributed by atoms with E-state index >= 15 is 0 Å². The van der Waals surface area contributed by atoms with Crippen molar-refractivity contribution in [3.05, 3.63) is 41.2 Å². The van der Waals surface area contributed by atoms with Crippen LogP contribution >= 0.6 is 0 Å². The topological polar surface area (TPSA) is 67.9 Å². The highest BCUT2D eigenvalue weighted by Crippen LogP contribution is 2.30. The number of carbonyl (C=O) groups excluding carboxylic acids is 2.